The van der Waals surface area contributed by atoms with E-state index in [-0.39, 0.29) is 0 Å². The number of rotatable bonds is 34. The molecule has 0 aliphatic rings. The second-order valence-corrected chi connectivity index (χ2v) is 13.5. The van der Waals surface area contributed by atoms with Gasteiger partial charge in [0, 0.05) is 6.21 Å². The summed E-state index contributed by atoms with van der Waals surface area (Å²) < 4.78 is 0. The van der Waals surface area contributed by atoms with Crippen LogP contribution in [0.25, 0.3) is 0 Å². The van der Waals surface area contributed by atoms with Crippen molar-refractivity contribution in [3.8, 4) is 0 Å². The van der Waals surface area contributed by atoms with Gasteiger partial charge in [-0.2, -0.15) is 0 Å². The molecule has 0 heterocycles. The lowest BCUT2D eigenvalue weighted by molar-refractivity contribution is 0.257. The third-order valence-electron chi connectivity index (χ3n) is 9.32. The van der Waals surface area contributed by atoms with Crippen molar-refractivity contribution in [3.63, 3.8) is 0 Å². The fourth-order valence-electron chi connectivity index (χ4n) is 6.45. The van der Waals surface area contributed by atoms with Gasteiger partial charge in [0.2, 0.25) is 0 Å². The highest BCUT2D eigenvalue weighted by atomic mass is 15.1. The van der Waals surface area contributed by atoms with E-state index in [0.29, 0.717) is 0 Å². The zero-order valence-electron chi connectivity index (χ0n) is 30.6. The van der Waals surface area contributed by atoms with E-state index in [1.165, 1.54) is 185 Å². The molecule has 0 spiro atoms. The van der Waals surface area contributed by atoms with Crippen molar-refractivity contribution >= 4 is 6.21 Å². The van der Waals surface area contributed by atoms with Crippen molar-refractivity contribution in [2.75, 3.05) is 19.6 Å². The molecule has 0 aromatic carbocycles. The van der Waals surface area contributed by atoms with Crippen LogP contribution in [-0.2, 0) is 0 Å². The van der Waals surface area contributed by atoms with Crippen molar-refractivity contribution in [1.29, 1.82) is 0 Å². The van der Waals surface area contributed by atoms with Gasteiger partial charge in [0.05, 0.1) is 5.70 Å². The van der Waals surface area contributed by atoms with Gasteiger partial charge in [0.25, 0.3) is 0 Å². The highest BCUT2D eigenvalue weighted by Crippen LogP contribution is 2.25. The van der Waals surface area contributed by atoms with Crippen LogP contribution in [0.15, 0.2) is 53.7 Å². The van der Waals surface area contributed by atoms with E-state index in [9.17, 15) is 0 Å². The van der Waals surface area contributed by atoms with Crippen molar-refractivity contribution in [2.45, 2.75) is 188 Å². The van der Waals surface area contributed by atoms with Crippen LogP contribution in [0.3, 0.4) is 0 Å². The summed E-state index contributed by atoms with van der Waals surface area (Å²) in [5.41, 5.74) is 3.73. The minimum Gasteiger partial charge on any atom is -0.303 e. The molecule has 0 amide bonds. The SMILES string of the molecule is C=CCCCCCCCN(CCCCCCCC(=C)CCCC(CCCCC)CCCCC)CCCC(=C)/C(=C/C)N=CC. The van der Waals surface area contributed by atoms with Crippen LogP contribution < -0.4 is 0 Å². The molecule has 2 nitrogen and oxygen atoms in total. The van der Waals surface area contributed by atoms with Gasteiger partial charge in [-0.05, 0) is 109 Å². The molecule has 0 saturated heterocycles. The normalized spacial score (nSPS) is 12.2. The molecule has 0 aromatic rings. The molecule has 0 fully saturated rings. The molecule has 0 aliphatic heterocycles. The lowest BCUT2D eigenvalue weighted by Crippen LogP contribution is -2.27. The third-order valence-corrected chi connectivity index (χ3v) is 9.32. The van der Waals surface area contributed by atoms with Gasteiger partial charge >= 0.3 is 0 Å². The average molecular weight is 611 g/mol. The molecule has 0 unspecified atom stereocenters. The average Bonchev–Trinajstić information content (AvgIpc) is 3.02. The minimum absolute atomic E-state index is 0.961. The van der Waals surface area contributed by atoms with E-state index in [1.807, 2.05) is 13.1 Å². The Balaban J connectivity index is 4.27. The van der Waals surface area contributed by atoms with E-state index in [2.05, 4.69) is 62.6 Å². The molecule has 44 heavy (non-hydrogen) atoms. The lowest BCUT2D eigenvalue weighted by atomic mass is 9.89. The number of aliphatic imine (C=N–C) groups is 1. The maximum Gasteiger partial charge on any atom is 0.0609 e. The predicted molar refractivity (Wildman–Crippen MR) is 203 cm³/mol. The zero-order chi connectivity index (χ0) is 32.5. The lowest BCUT2D eigenvalue weighted by Gasteiger charge is -2.22. The molecule has 0 bridgehead atoms. The molecule has 0 aliphatic carbocycles. The van der Waals surface area contributed by atoms with Crippen LogP contribution in [0, 0.1) is 5.92 Å². The van der Waals surface area contributed by atoms with Gasteiger partial charge in [-0.1, -0.05) is 141 Å². The Labute approximate surface area is 278 Å². The van der Waals surface area contributed by atoms with Crippen LogP contribution in [-0.4, -0.2) is 30.7 Å². The summed E-state index contributed by atoms with van der Waals surface area (Å²) in [5.74, 6) is 0.961. The van der Waals surface area contributed by atoms with E-state index in [0.717, 1.165) is 18.0 Å². The summed E-state index contributed by atoms with van der Waals surface area (Å²) in [6.45, 7) is 25.0. The summed E-state index contributed by atoms with van der Waals surface area (Å²) in [6.07, 6.45) is 39.4. The van der Waals surface area contributed by atoms with Gasteiger partial charge in [0.1, 0.15) is 0 Å². The van der Waals surface area contributed by atoms with Gasteiger partial charge < -0.3 is 4.90 Å². The van der Waals surface area contributed by atoms with Crippen molar-refractivity contribution in [3.05, 3.63) is 48.7 Å². The Morgan fingerprint density at radius 3 is 1.70 bits per heavy atom. The van der Waals surface area contributed by atoms with Gasteiger partial charge in [-0.25, -0.2) is 0 Å². The maximum absolute atomic E-state index is 4.48. The van der Waals surface area contributed by atoms with Crippen LogP contribution in [0.5, 0.6) is 0 Å². The zero-order valence-corrected chi connectivity index (χ0v) is 30.6. The monoisotopic (exact) mass is 611 g/mol. The number of allylic oxidation sites excluding steroid dienone is 4. The van der Waals surface area contributed by atoms with Gasteiger partial charge in [-0.3, -0.25) is 4.99 Å². The summed E-state index contributed by atoms with van der Waals surface area (Å²) in [5, 5.41) is 0. The fraction of sp³-hybridized carbons (Fsp3) is 0.786. The summed E-state index contributed by atoms with van der Waals surface area (Å²) in [4.78, 5) is 7.22. The first-order chi connectivity index (χ1) is 21.5. The molecule has 0 aromatic heterocycles. The largest absolute Gasteiger partial charge is 0.303 e. The number of nitrogens with zero attached hydrogens (tertiary/aromatic N) is 2. The van der Waals surface area contributed by atoms with E-state index in [4.69, 9.17) is 0 Å². The second-order valence-electron chi connectivity index (χ2n) is 13.5. The molecule has 0 radical (unpaired) electrons. The highest BCUT2D eigenvalue weighted by molar-refractivity contribution is 5.56. The van der Waals surface area contributed by atoms with Crippen LogP contribution in [0.1, 0.15) is 188 Å². The summed E-state index contributed by atoms with van der Waals surface area (Å²) >= 11 is 0. The number of hydrogen-bond acceptors (Lipinski definition) is 2. The highest BCUT2D eigenvalue weighted by Gasteiger charge is 2.10. The standard InChI is InChI=1S/C42H78N2/c1-8-13-16-17-18-21-26-36-44(38-29-32-40(7)42(11-4)43-12-5)37-27-22-19-20-25-30-39(6)31-28-35-41(33-23-14-9-2)34-24-15-10-3/h8,11-12,41H,1,6-7,9-10,13-38H2,2-5H3/b42-11-,43-12?. The fourth-order valence-corrected chi connectivity index (χ4v) is 6.45. The van der Waals surface area contributed by atoms with E-state index >= 15 is 0 Å². The quantitative estimate of drug-likeness (QED) is 0.0306. The van der Waals surface area contributed by atoms with Gasteiger partial charge in [0.15, 0.2) is 0 Å². The first-order valence-corrected chi connectivity index (χ1v) is 19.3. The molecule has 0 saturated carbocycles. The smallest absolute Gasteiger partial charge is 0.0609 e. The molecule has 256 valence electrons. The minimum atomic E-state index is 0.961. The Morgan fingerprint density at radius 1 is 0.614 bits per heavy atom. The molecule has 0 atom stereocenters. The van der Waals surface area contributed by atoms with Crippen LogP contribution >= 0.6 is 0 Å². The summed E-state index contributed by atoms with van der Waals surface area (Å²) in [7, 11) is 0. The molecular formula is C42H78N2. The Hall–Kier alpha value is -1.41. The Bertz CT molecular complexity index is 720. The predicted octanol–water partition coefficient (Wildman–Crippen LogP) is 14.0. The first kappa shape index (κ1) is 42.6. The van der Waals surface area contributed by atoms with Crippen molar-refractivity contribution in [1.82, 2.24) is 4.90 Å². The first-order valence-electron chi connectivity index (χ1n) is 19.3. The van der Waals surface area contributed by atoms with Crippen molar-refractivity contribution in [2.24, 2.45) is 10.9 Å². The maximum atomic E-state index is 4.48. The molecule has 0 rings (SSSR count). The van der Waals surface area contributed by atoms with E-state index < -0.39 is 0 Å². The molecular weight excluding hydrogens is 532 g/mol. The molecule has 2 heteroatoms. The number of hydrogen-bond donors (Lipinski definition) is 0. The Morgan fingerprint density at radius 2 is 1.14 bits per heavy atom. The van der Waals surface area contributed by atoms with E-state index in [1.54, 1.807) is 0 Å². The summed E-state index contributed by atoms with van der Waals surface area (Å²) in [6, 6.07) is 0. The topological polar surface area (TPSA) is 15.6 Å². The van der Waals surface area contributed by atoms with Crippen LogP contribution in [0.2, 0.25) is 0 Å². The second kappa shape index (κ2) is 33.0. The van der Waals surface area contributed by atoms with Crippen LogP contribution in [0.4, 0.5) is 0 Å². The van der Waals surface area contributed by atoms with Gasteiger partial charge in [-0.15, -0.1) is 6.58 Å². The van der Waals surface area contributed by atoms with Crippen molar-refractivity contribution < 1.29 is 0 Å². The molecule has 0 N–H and O–H groups in total. The number of unbranched alkanes of at least 4 members (excludes halogenated alkanes) is 13. The Kier molecular flexibility index (Phi) is 31.9. The third kappa shape index (κ3) is 26.9.